The highest BCUT2D eigenvalue weighted by Gasteiger charge is 2.23. The van der Waals surface area contributed by atoms with Gasteiger partial charge in [0.1, 0.15) is 5.75 Å². The fourth-order valence-electron chi connectivity index (χ4n) is 1.70. The van der Waals surface area contributed by atoms with E-state index in [0.717, 1.165) is 16.9 Å². The lowest BCUT2D eigenvalue weighted by atomic mass is 10.2. The van der Waals surface area contributed by atoms with Gasteiger partial charge in [0, 0.05) is 11.1 Å². The van der Waals surface area contributed by atoms with Crippen LogP contribution >= 0.6 is 34.5 Å². The fraction of sp³-hybridized carbons (Fsp3) is 0.250. The molecular formula is C12H12Cl2N2O3S2. The Balaban J connectivity index is 2.46. The minimum absolute atomic E-state index is 0.0714. The van der Waals surface area contributed by atoms with Crippen molar-refractivity contribution in [1.82, 2.24) is 4.98 Å². The molecule has 9 heteroatoms. The van der Waals surface area contributed by atoms with Gasteiger partial charge >= 0.3 is 0 Å². The number of sulfonamides is 1. The van der Waals surface area contributed by atoms with Crippen LogP contribution in [0.2, 0.25) is 9.49 Å². The van der Waals surface area contributed by atoms with E-state index in [1.165, 1.54) is 7.11 Å². The Labute approximate surface area is 136 Å². The first-order chi connectivity index (χ1) is 9.74. The second kappa shape index (κ2) is 6.00. The van der Waals surface area contributed by atoms with Gasteiger partial charge in [-0.15, -0.1) is 0 Å². The molecule has 0 spiro atoms. The number of halogens is 2. The van der Waals surface area contributed by atoms with Crippen LogP contribution in [0.5, 0.6) is 5.75 Å². The second-order valence-corrected chi connectivity index (χ2v) is 8.11. The van der Waals surface area contributed by atoms with Gasteiger partial charge < -0.3 is 4.74 Å². The number of nitrogens with one attached hydrogen (secondary N) is 1. The molecule has 0 aliphatic rings. The van der Waals surface area contributed by atoms with Gasteiger partial charge in [0.2, 0.25) is 0 Å². The summed E-state index contributed by atoms with van der Waals surface area (Å²) in [7, 11) is -2.35. The molecule has 0 atom stereocenters. The topological polar surface area (TPSA) is 68.3 Å². The van der Waals surface area contributed by atoms with Gasteiger partial charge in [-0.05, 0) is 25.5 Å². The van der Waals surface area contributed by atoms with Crippen molar-refractivity contribution >= 4 is 50.2 Å². The molecule has 1 aromatic heterocycles. The molecule has 1 heterocycles. The number of aryl methyl sites for hydroxylation is 2. The van der Waals surface area contributed by atoms with Crippen molar-refractivity contribution in [3.05, 3.63) is 32.9 Å². The Morgan fingerprint density at radius 2 is 1.95 bits per heavy atom. The van der Waals surface area contributed by atoms with Gasteiger partial charge in [0.25, 0.3) is 10.0 Å². The predicted molar refractivity (Wildman–Crippen MR) is 85.4 cm³/mol. The van der Waals surface area contributed by atoms with Crippen LogP contribution in [0.25, 0.3) is 0 Å². The Bertz CT molecular complexity index is 788. The first kappa shape index (κ1) is 16.4. The van der Waals surface area contributed by atoms with Crippen molar-refractivity contribution in [3.63, 3.8) is 0 Å². The standard InChI is InChI=1S/C12H12Cl2N2O3S2/c1-6-4-9(10(19-3)5-8(6)13)16-21(17,18)11-7(2)15-12(14)20-11/h4-5,16H,1-3H3. The van der Waals surface area contributed by atoms with E-state index >= 15 is 0 Å². The van der Waals surface area contributed by atoms with Crippen LogP contribution in [-0.2, 0) is 10.0 Å². The fourth-order valence-corrected chi connectivity index (χ4v) is 4.66. The van der Waals surface area contributed by atoms with Gasteiger partial charge in [-0.2, -0.15) is 0 Å². The monoisotopic (exact) mass is 366 g/mol. The summed E-state index contributed by atoms with van der Waals surface area (Å²) in [6.07, 6.45) is 0. The van der Waals surface area contributed by atoms with E-state index in [-0.39, 0.29) is 8.68 Å². The van der Waals surface area contributed by atoms with E-state index in [9.17, 15) is 8.42 Å². The lowest BCUT2D eigenvalue weighted by Gasteiger charge is -2.13. The van der Waals surface area contributed by atoms with E-state index in [1.807, 2.05) is 0 Å². The second-order valence-electron chi connectivity index (χ2n) is 4.25. The van der Waals surface area contributed by atoms with E-state index in [1.54, 1.807) is 26.0 Å². The zero-order valence-electron chi connectivity index (χ0n) is 11.4. The van der Waals surface area contributed by atoms with Crippen molar-refractivity contribution in [2.45, 2.75) is 18.1 Å². The number of thiazole rings is 1. The molecule has 2 rings (SSSR count). The lowest BCUT2D eigenvalue weighted by Crippen LogP contribution is -2.13. The number of hydrogen-bond donors (Lipinski definition) is 1. The molecule has 2 aromatic rings. The highest BCUT2D eigenvalue weighted by Crippen LogP contribution is 2.34. The van der Waals surface area contributed by atoms with Crippen molar-refractivity contribution in [1.29, 1.82) is 0 Å². The molecular weight excluding hydrogens is 355 g/mol. The van der Waals surface area contributed by atoms with Crippen LogP contribution in [0.3, 0.4) is 0 Å². The summed E-state index contributed by atoms with van der Waals surface area (Å²) in [6, 6.07) is 3.16. The number of aromatic nitrogens is 1. The van der Waals surface area contributed by atoms with Crippen molar-refractivity contribution < 1.29 is 13.2 Å². The summed E-state index contributed by atoms with van der Waals surface area (Å²) >= 11 is 12.6. The average molecular weight is 367 g/mol. The van der Waals surface area contributed by atoms with Crippen LogP contribution in [-0.4, -0.2) is 20.5 Å². The molecule has 1 N–H and O–H groups in total. The molecule has 1 aromatic carbocycles. The van der Waals surface area contributed by atoms with Crippen molar-refractivity contribution in [3.8, 4) is 5.75 Å². The van der Waals surface area contributed by atoms with Crippen LogP contribution in [0.1, 0.15) is 11.3 Å². The van der Waals surface area contributed by atoms with E-state index < -0.39 is 10.0 Å². The molecule has 0 aliphatic heterocycles. The lowest BCUT2D eigenvalue weighted by molar-refractivity contribution is 0.417. The largest absolute Gasteiger partial charge is 0.495 e. The third-order valence-electron chi connectivity index (χ3n) is 2.70. The third-order valence-corrected chi connectivity index (χ3v) is 6.34. The summed E-state index contributed by atoms with van der Waals surface area (Å²) < 4.78 is 32.7. The molecule has 21 heavy (non-hydrogen) atoms. The van der Waals surface area contributed by atoms with Gasteiger partial charge in [0.15, 0.2) is 8.68 Å². The smallest absolute Gasteiger partial charge is 0.273 e. The number of nitrogens with zero attached hydrogens (tertiary/aromatic N) is 1. The first-order valence-electron chi connectivity index (χ1n) is 5.74. The van der Waals surface area contributed by atoms with E-state index in [4.69, 9.17) is 27.9 Å². The average Bonchev–Trinajstić information content (AvgIpc) is 2.73. The summed E-state index contributed by atoms with van der Waals surface area (Å²) in [5.41, 5.74) is 1.39. The molecule has 0 bridgehead atoms. The minimum Gasteiger partial charge on any atom is -0.495 e. The van der Waals surface area contributed by atoms with Crippen LogP contribution in [0, 0.1) is 13.8 Å². The Morgan fingerprint density at radius 1 is 1.29 bits per heavy atom. The number of ether oxygens (including phenoxy) is 1. The molecule has 0 aliphatic carbocycles. The van der Waals surface area contributed by atoms with Gasteiger partial charge in [-0.25, -0.2) is 13.4 Å². The van der Waals surface area contributed by atoms with Gasteiger partial charge in [-0.1, -0.05) is 34.5 Å². The van der Waals surface area contributed by atoms with Crippen LogP contribution < -0.4 is 9.46 Å². The third kappa shape index (κ3) is 3.42. The molecule has 0 saturated carbocycles. The Kier molecular flexibility index (Phi) is 4.67. The number of benzene rings is 1. The molecule has 0 radical (unpaired) electrons. The van der Waals surface area contributed by atoms with Crippen molar-refractivity contribution in [2.75, 3.05) is 11.8 Å². The maximum absolute atomic E-state index is 12.4. The number of hydrogen-bond acceptors (Lipinski definition) is 5. The summed E-state index contributed by atoms with van der Waals surface area (Å²) in [5.74, 6) is 0.336. The molecule has 0 saturated heterocycles. The van der Waals surface area contributed by atoms with E-state index in [0.29, 0.717) is 22.2 Å². The maximum Gasteiger partial charge on any atom is 0.273 e. The summed E-state index contributed by atoms with van der Waals surface area (Å²) in [6.45, 7) is 3.36. The number of methoxy groups -OCH3 is 1. The van der Waals surface area contributed by atoms with Gasteiger partial charge in [-0.3, -0.25) is 4.72 Å². The Morgan fingerprint density at radius 3 is 2.48 bits per heavy atom. The molecule has 114 valence electrons. The summed E-state index contributed by atoms with van der Waals surface area (Å²) in [5, 5.41) is 0.492. The normalized spacial score (nSPS) is 11.5. The van der Waals surface area contributed by atoms with E-state index in [2.05, 4.69) is 9.71 Å². The quantitative estimate of drug-likeness (QED) is 0.891. The van der Waals surface area contributed by atoms with Gasteiger partial charge in [0.05, 0.1) is 18.5 Å². The highest BCUT2D eigenvalue weighted by molar-refractivity contribution is 7.94. The molecule has 0 fully saturated rings. The highest BCUT2D eigenvalue weighted by atomic mass is 35.5. The number of rotatable bonds is 4. The van der Waals surface area contributed by atoms with Crippen LogP contribution in [0.15, 0.2) is 16.3 Å². The zero-order chi connectivity index (χ0) is 15.8. The van der Waals surface area contributed by atoms with Crippen molar-refractivity contribution in [2.24, 2.45) is 0 Å². The predicted octanol–water partition coefficient (Wildman–Crippen LogP) is 3.88. The zero-order valence-corrected chi connectivity index (χ0v) is 14.5. The maximum atomic E-state index is 12.4. The molecule has 0 unspecified atom stereocenters. The number of anilines is 1. The SMILES string of the molecule is COc1cc(Cl)c(C)cc1NS(=O)(=O)c1sc(Cl)nc1C. The van der Waals surface area contributed by atoms with Crippen LogP contribution in [0.4, 0.5) is 5.69 Å². The molecule has 5 nitrogen and oxygen atoms in total. The molecule has 0 amide bonds. The Hall–Kier alpha value is -1.02. The first-order valence-corrected chi connectivity index (χ1v) is 8.80. The minimum atomic E-state index is -3.79. The summed E-state index contributed by atoms with van der Waals surface area (Å²) in [4.78, 5) is 3.91.